The van der Waals surface area contributed by atoms with Crippen LogP contribution in [-0.2, 0) is 28.6 Å². The number of allylic oxidation sites excluding steroid dienone is 10. The molecule has 1 unspecified atom stereocenters. The van der Waals surface area contributed by atoms with Crippen molar-refractivity contribution in [3.8, 4) is 0 Å². The van der Waals surface area contributed by atoms with Crippen molar-refractivity contribution in [3.05, 3.63) is 60.8 Å². The summed E-state index contributed by atoms with van der Waals surface area (Å²) in [6, 6.07) is 0. The topological polar surface area (TPSA) is 78.9 Å². The van der Waals surface area contributed by atoms with E-state index in [1.54, 1.807) is 0 Å². The molecule has 0 amide bonds. The van der Waals surface area contributed by atoms with Crippen LogP contribution < -0.4 is 0 Å². The predicted molar refractivity (Wildman–Crippen MR) is 288 cm³/mol. The maximum Gasteiger partial charge on any atom is 0.306 e. The summed E-state index contributed by atoms with van der Waals surface area (Å²) >= 11 is 0. The number of unbranched alkanes of at least 4 members (excludes halogenated alkanes) is 31. The lowest BCUT2D eigenvalue weighted by Crippen LogP contribution is -2.30. The summed E-state index contributed by atoms with van der Waals surface area (Å²) in [7, 11) is 0. The highest BCUT2D eigenvalue weighted by atomic mass is 16.6. The molecule has 0 aliphatic rings. The van der Waals surface area contributed by atoms with Crippen molar-refractivity contribution >= 4 is 17.9 Å². The average molecular weight is 938 g/mol. The zero-order chi connectivity index (χ0) is 48.6. The number of ether oxygens (including phenoxy) is 3. The Morgan fingerprint density at radius 2 is 0.582 bits per heavy atom. The number of rotatable bonds is 52. The average Bonchev–Trinajstić information content (AvgIpc) is 3.33. The molecule has 0 radical (unpaired) electrons. The van der Waals surface area contributed by atoms with Crippen molar-refractivity contribution in [2.75, 3.05) is 13.2 Å². The zero-order valence-electron chi connectivity index (χ0n) is 44.4. The van der Waals surface area contributed by atoms with Crippen molar-refractivity contribution < 1.29 is 28.6 Å². The summed E-state index contributed by atoms with van der Waals surface area (Å²) < 4.78 is 16.8. The van der Waals surface area contributed by atoms with Gasteiger partial charge in [-0.25, -0.2) is 0 Å². The van der Waals surface area contributed by atoms with Crippen LogP contribution in [0.4, 0.5) is 0 Å². The minimum Gasteiger partial charge on any atom is -0.462 e. The quantitative estimate of drug-likeness (QED) is 0.0262. The molecule has 67 heavy (non-hydrogen) atoms. The van der Waals surface area contributed by atoms with Gasteiger partial charge in [-0.05, 0) is 64.2 Å². The molecule has 0 N–H and O–H groups in total. The summed E-state index contributed by atoms with van der Waals surface area (Å²) in [6.07, 6.45) is 69.6. The third-order valence-electron chi connectivity index (χ3n) is 12.5. The van der Waals surface area contributed by atoms with Crippen LogP contribution in [0.3, 0.4) is 0 Å². The lowest BCUT2D eigenvalue weighted by molar-refractivity contribution is -0.167. The fraction of sp³-hybridized carbons (Fsp3) is 0.787. The number of hydrogen-bond donors (Lipinski definition) is 0. The summed E-state index contributed by atoms with van der Waals surface area (Å²) in [5.74, 6) is -0.897. The SMILES string of the molecule is CC/C=C\C/C=C\C/C=C\C/C=C\C/C=C\CCCCCCCC(=O)OC(COC(=O)CCCCCCCC)COC(=O)CCCCCCCCCCCCCCCCCCCCCCCC. The van der Waals surface area contributed by atoms with Crippen molar-refractivity contribution in [2.45, 2.75) is 297 Å². The van der Waals surface area contributed by atoms with E-state index in [9.17, 15) is 14.4 Å². The molecule has 0 aromatic carbocycles. The zero-order valence-corrected chi connectivity index (χ0v) is 44.4. The maximum atomic E-state index is 12.8. The summed E-state index contributed by atoms with van der Waals surface area (Å²) in [4.78, 5) is 37.9. The molecule has 0 bridgehead atoms. The van der Waals surface area contributed by atoms with Crippen LogP contribution in [0.15, 0.2) is 60.8 Å². The first-order valence-corrected chi connectivity index (χ1v) is 28.8. The van der Waals surface area contributed by atoms with Gasteiger partial charge < -0.3 is 14.2 Å². The monoisotopic (exact) mass is 937 g/mol. The number of hydrogen-bond acceptors (Lipinski definition) is 6. The van der Waals surface area contributed by atoms with Crippen molar-refractivity contribution in [1.82, 2.24) is 0 Å². The summed E-state index contributed by atoms with van der Waals surface area (Å²) in [5, 5.41) is 0. The Balaban J connectivity index is 4.16. The first-order chi connectivity index (χ1) is 33.0. The van der Waals surface area contributed by atoms with E-state index in [4.69, 9.17) is 14.2 Å². The van der Waals surface area contributed by atoms with Crippen LogP contribution in [0.2, 0.25) is 0 Å². The smallest absolute Gasteiger partial charge is 0.306 e. The third-order valence-corrected chi connectivity index (χ3v) is 12.5. The number of carbonyl (C=O) groups is 3. The van der Waals surface area contributed by atoms with Gasteiger partial charge in [0.05, 0.1) is 0 Å². The molecule has 1 atom stereocenters. The Bertz CT molecular complexity index is 1210. The molecule has 0 spiro atoms. The Morgan fingerprint density at radius 3 is 0.910 bits per heavy atom. The molecular weight excluding hydrogens is 829 g/mol. The fourth-order valence-electron chi connectivity index (χ4n) is 8.24. The largest absolute Gasteiger partial charge is 0.462 e. The van der Waals surface area contributed by atoms with Gasteiger partial charge in [0.1, 0.15) is 13.2 Å². The molecule has 0 saturated heterocycles. The molecule has 0 saturated carbocycles. The van der Waals surface area contributed by atoms with Gasteiger partial charge in [-0.15, -0.1) is 0 Å². The second kappa shape index (κ2) is 55.7. The van der Waals surface area contributed by atoms with Gasteiger partial charge in [0, 0.05) is 19.3 Å². The van der Waals surface area contributed by atoms with Crippen molar-refractivity contribution in [2.24, 2.45) is 0 Å². The number of esters is 3. The van der Waals surface area contributed by atoms with Crippen LogP contribution in [0.25, 0.3) is 0 Å². The predicted octanol–water partition coefficient (Wildman–Crippen LogP) is 19.2. The van der Waals surface area contributed by atoms with Crippen molar-refractivity contribution in [3.63, 3.8) is 0 Å². The highest BCUT2D eigenvalue weighted by Gasteiger charge is 2.19. The highest BCUT2D eigenvalue weighted by Crippen LogP contribution is 2.17. The van der Waals surface area contributed by atoms with Gasteiger partial charge in [0.25, 0.3) is 0 Å². The molecule has 6 heteroatoms. The normalized spacial score (nSPS) is 12.5. The van der Waals surface area contributed by atoms with E-state index in [1.165, 1.54) is 141 Å². The Hall–Kier alpha value is -2.89. The highest BCUT2D eigenvalue weighted by molar-refractivity contribution is 5.71. The van der Waals surface area contributed by atoms with E-state index < -0.39 is 6.10 Å². The van der Waals surface area contributed by atoms with Crippen LogP contribution >= 0.6 is 0 Å². The van der Waals surface area contributed by atoms with Gasteiger partial charge in [0.2, 0.25) is 0 Å². The van der Waals surface area contributed by atoms with Crippen molar-refractivity contribution in [1.29, 1.82) is 0 Å². The Labute approximate surface area is 415 Å². The second-order valence-electron chi connectivity index (χ2n) is 19.2. The summed E-state index contributed by atoms with van der Waals surface area (Å²) in [6.45, 7) is 6.48. The molecule has 0 fully saturated rings. The molecule has 0 aliphatic carbocycles. The van der Waals surface area contributed by atoms with Gasteiger partial charge in [-0.1, -0.05) is 268 Å². The standard InChI is InChI=1S/C61H108O6/c1-4-7-10-13-16-18-20-22-24-26-28-30-32-33-35-37-39-41-43-45-48-51-54-60(63)66-57-58(56-65-59(62)53-50-47-15-12-9-6-3)67-61(64)55-52-49-46-44-42-40-38-36-34-31-29-27-25-23-21-19-17-14-11-8-5-2/h8,11,17,19,23,25,29,31,36,38,58H,4-7,9-10,12-16,18,20-22,24,26-28,30,32-35,37,39-57H2,1-3H3/b11-8-,19-17-,25-23-,31-29-,38-36-. The first-order valence-electron chi connectivity index (χ1n) is 28.8. The molecular formula is C61H108O6. The lowest BCUT2D eigenvalue weighted by Gasteiger charge is -2.18. The maximum absolute atomic E-state index is 12.8. The van der Waals surface area contributed by atoms with E-state index in [0.29, 0.717) is 19.3 Å². The molecule has 0 aromatic heterocycles. The molecule has 0 aromatic rings. The fourth-order valence-corrected chi connectivity index (χ4v) is 8.24. The molecule has 0 rings (SSSR count). The minimum absolute atomic E-state index is 0.0794. The van der Waals surface area contributed by atoms with Crippen LogP contribution in [0, 0.1) is 0 Å². The minimum atomic E-state index is -0.780. The van der Waals surface area contributed by atoms with E-state index in [2.05, 4.69) is 81.5 Å². The third kappa shape index (κ3) is 53.9. The van der Waals surface area contributed by atoms with E-state index >= 15 is 0 Å². The second-order valence-corrected chi connectivity index (χ2v) is 19.2. The van der Waals surface area contributed by atoms with Gasteiger partial charge in [-0.3, -0.25) is 14.4 Å². The number of carbonyl (C=O) groups excluding carboxylic acids is 3. The van der Waals surface area contributed by atoms with Crippen LogP contribution in [0.5, 0.6) is 0 Å². The van der Waals surface area contributed by atoms with Gasteiger partial charge >= 0.3 is 17.9 Å². The van der Waals surface area contributed by atoms with Crippen LogP contribution in [-0.4, -0.2) is 37.2 Å². The van der Waals surface area contributed by atoms with E-state index in [1.807, 2.05) is 0 Å². The van der Waals surface area contributed by atoms with E-state index in [0.717, 1.165) is 109 Å². The molecule has 0 heterocycles. The first kappa shape index (κ1) is 64.1. The molecule has 0 aliphatic heterocycles. The molecule has 6 nitrogen and oxygen atoms in total. The van der Waals surface area contributed by atoms with Gasteiger partial charge in [-0.2, -0.15) is 0 Å². The van der Waals surface area contributed by atoms with Crippen LogP contribution in [0.1, 0.15) is 290 Å². The van der Waals surface area contributed by atoms with E-state index in [-0.39, 0.29) is 31.1 Å². The Kier molecular flexibility index (Phi) is 53.3. The molecule has 388 valence electrons. The summed E-state index contributed by atoms with van der Waals surface area (Å²) in [5.41, 5.74) is 0. The Morgan fingerprint density at radius 1 is 0.313 bits per heavy atom. The van der Waals surface area contributed by atoms with Gasteiger partial charge in [0.15, 0.2) is 6.10 Å². The lowest BCUT2D eigenvalue weighted by atomic mass is 10.0.